The summed E-state index contributed by atoms with van der Waals surface area (Å²) in [5.41, 5.74) is 3.29. The number of fused-ring (bicyclic) bond motifs is 1. The summed E-state index contributed by atoms with van der Waals surface area (Å²) >= 11 is 0. The Morgan fingerprint density at radius 1 is 0.644 bits per heavy atom. The number of anilines is 1. The number of carbonyl (C=O) groups is 2. The normalized spacial score (nSPS) is 15.3. The highest BCUT2D eigenvalue weighted by Gasteiger charge is 2.31. The Bertz CT molecular complexity index is 2350. The zero-order chi connectivity index (χ0) is 42.1. The number of nitrogens with zero attached hydrogens (tertiary/aromatic N) is 3. The van der Waals surface area contributed by atoms with Crippen molar-refractivity contribution in [2.24, 2.45) is 0 Å². The van der Waals surface area contributed by atoms with Gasteiger partial charge in [-0.2, -0.15) is 0 Å². The molecule has 0 aliphatic heterocycles. The van der Waals surface area contributed by atoms with Gasteiger partial charge in [0.05, 0.1) is 18.7 Å². The number of aromatic hydroxyl groups is 1. The lowest BCUT2D eigenvalue weighted by atomic mass is 10.2. The van der Waals surface area contributed by atoms with Crippen LogP contribution in [0.15, 0.2) is 99.3 Å². The largest absolute Gasteiger partial charge is 0.507 e. The van der Waals surface area contributed by atoms with Crippen LogP contribution in [0.25, 0.3) is 10.9 Å². The highest BCUT2D eigenvalue weighted by molar-refractivity contribution is 5.91. The molecule has 3 heterocycles. The molecule has 4 fully saturated rings. The number of hydrogen-bond acceptors (Lipinski definition) is 10. The SMILES string of the molecule is CCOC(=O)CC(=O)OCC.Cc1cc(NC2CC2)cc(=O)n1C1CC1.Cc1cc2c(c(O)cc(=O)n2C2CC2)c(=O)n1C1CC1.c1ccc(Oc2ccccc2)cc1. The smallest absolute Gasteiger partial charge is 0.317 e. The number of carbonyl (C=O) groups excluding carboxylic acids is 2. The minimum atomic E-state index is -0.536. The number of nitrogens with one attached hydrogen (secondary N) is 1. The van der Waals surface area contributed by atoms with Crippen LogP contribution in [0.5, 0.6) is 17.2 Å². The summed E-state index contributed by atoms with van der Waals surface area (Å²) in [6, 6.07) is 27.9. The van der Waals surface area contributed by atoms with Gasteiger partial charge in [-0.1, -0.05) is 36.4 Å². The molecule has 2 aromatic carbocycles. The van der Waals surface area contributed by atoms with E-state index in [1.54, 1.807) is 29.0 Å². The van der Waals surface area contributed by atoms with Gasteiger partial charge < -0.3 is 38.3 Å². The average Bonchev–Trinajstić information content (AvgIpc) is 3.98. The predicted molar refractivity (Wildman–Crippen MR) is 227 cm³/mol. The molecule has 4 saturated carbocycles. The third-order valence-electron chi connectivity index (χ3n) is 9.99. The number of esters is 2. The van der Waals surface area contributed by atoms with Crippen LogP contribution >= 0.6 is 0 Å². The maximum Gasteiger partial charge on any atom is 0.317 e. The van der Waals surface area contributed by atoms with Crippen molar-refractivity contribution in [2.75, 3.05) is 18.5 Å². The van der Waals surface area contributed by atoms with Crippen molar-refractivity contribution in [1.82, 2.24) is 13.7 Å². The first kappa shape index (κ1) is 42.5. The van der Waals surface area contributed by atoms with Crippen LogP contribution in [0.3, 0.4) is 0 Å². The van der Waals surface area contributed by atoms with E-state index in [0.717, 1.165) is 67.1 Å². The molecule has 0 spiro atoms. The Labute approximate surface area is 343 Å². The molecule has 4 aliphatic carbocycles. The summed E-state index contributed by atoms with van der Waals surface area (Å²) in [6.07, 6.45) is 8.46. The van der Waals surface area contributed by atoms with Gasteiger partial charge in [0.1, 0.15) is 29.1 Å². The van der Waals surface area contributed by atoms with E-state index in [1.165, 1.54) is 18.9 Å². The summed E-state index contributed by atoms with van der Waals surface area (Å²) in [5, 5.41) is 13.7. The first-order valence-electron chi connectivity index (χ1n) is 20.6. The van der Waals surface area contributed by atoms with E-state index < -0.39 is 11.9 Å². The second-order valence-corrected chi connectivity index (χ2v) is 15.2. The molecule has 13 nitrogen and oxygen atoms in total. The third-order valence-corrected chi connectivity index (χ3v) is 9.99. The summed E-state index contributed by atoms with van der Waals surface area (Å²) in [6.45, 7) is 7.87. The van der Waals surface area contributed by atoms with E-state index >= 15 is 0 Å². The molecule has 312 valence electrons. The van der Waals surface area contributed by atoms with Crippen LogP contribution in [-0.2, 0) is 19.1 Å². The van der Waals surface area contributed by atoms with Gasteiger partial charge in [-0.05, 0) is 115 Å². The Hall–Kier alpha value is -6.11. The van der Waals surface area contributed by atoms with Crippen LogP contribution in [0.1, 0.15) is 101 Å². The predicted octanol–water partition coefficient (Wildman–Crippen LogP) is 7.89. The molecule has 0 radical (unpaired) electrons. The van der Waals surface area contributed by atoms with E-state index in [-0.39, 0.29) is 59.5 Å². The van der Waals surface area contributed by atoms with Crippen molar-refractivity contribution < 1.29 is 28.9 Å². The molecule has 0 amide bonds. The summed E-state index contributed by atoms with van der Waals surface area (Å²) in [5.74, 6) is 0.473. The lowest BCUT2D eigenvalue weighted by Gasteiger charge is -2.15. The highest BCUT2D eigenvalue weighted by Crippen LogP contribution is 2.39. The standard InChI is InChI=1S/C15H16N2O3.C12H16N2O.C12H10O.C7H12O4/c1-8-6-11-14(15(20)16(8)9-2-3-9)12(18)7-13(19)17(11)10-4-5-10;1-8-6-10(13-9-2-3-9)7-12(15)14(8)11-4-5-11;1-3-7-11(8-4-1)13-12-9-5-2-6-10-12;1-3-10-6(8)5-7(9)11-4-2/h6-7,9-10,18H,2-5H2,1H3;6-7,9,11,13H,2-5H2,1H3;1-10H;3-5H2,1-2H3. The second kappa shape index (κ2) is 19.6. The number of aryl methyl sites for hydroxylation is 2. The molecule has 5 aromatic rings. The number of hydrogen-bond donors (Lipinski definition) is 2. The minimum Gasteiger partial charge on any atom is -0.507 e. The van der Waals surface area contributed by atoms with Crippen molar-refractivity contribution >= 4 is 28.5 Å². The fourth-order valence-corrected chi connectivity index (χ4v) is 6.75. The molecule has 4 aliphatic rings. The van der Waals surface area contributed by atoms with Gasteiger partial charge in [-0.15, -0.1) is 0 Å². The lowest BCUT2D eigenvalue weighted by Crippen LogP contribution is -2.26. The van der Waals surface area contributed by atoms with E-state index in [1.807, 2.05) is 85.1 Å². The Kier molecular flexibility index (Phi) is 14.1. The van der Waals surface area contributed by atoms with E-state index in [0.29, 0.717) is 17.6 Å². The van der Waals surface area contributed by atoms with Crippen molar-refractivity contribution in [1.29, 1.82) is 0 Å². The Morgan fingerprint density at radius 2 is 1.12 bits per heavy atom. The van der Waals surface area contributed by atoms with Gasteiger partial charge in [0.15, 0.2) is 0 Å². The molecule has 59 heavy (non-hydrogen) atoms. The maximum absolute atomic E-state index is 12.6. The van der Waals surface area contributed by atoms with Gasteiger partial charge >= 0.3 is 11.9 Å². The minimum absolute atomic E-state index is 0.153. The summed E-state index contributed by atoms with van der Waals surface area (Å²) in [7, 11) is 0. The van der Waals surface area contributed by atoms with Gasteiger partial charge in [-0.3, -0.25) is 24.0 Å². The molecular formula is C46H54N4O9. The first-order chi connectivity index (χ1) is 28.5. The van der Waals surface area contributed by atoms with Gasteiger partial charge in [0.25, 0.3) is 16.7 Å². The molecule has 9 rings (SSSR count). The maximum atomic E-state index is 12.6. The number of benzene rings is 2. The van der Waals surface area contributed by atoms with Crippen LogP contribution < -0.4 is 26.7 Å². The quantitative estimate of drug-likeness (QED) is 0.0993. The van der Waals surface area contributed by atoms with Crippen molar-refractivity contribution in [3.63, 3.8) is 0 Å². The topological polar surface area (TPSA) is 160 Å². The number of aromatic nitrogens is 3. The highest BCUT2D eigenvalue weighted by atomic mass is 16.6. The number of ether oxygens (including phenoxy) is 3. The monoisotopic (exact) mass is 806 g/mol. The van der Waals surface area contributed by atoms with Crippen LogP contribution in [0, 0.1) is 13.8 Å². The first-order valence-corrected chi connectivity index (χ1v) is 20.6. The average molecular weight is 807 g/mol. The Morgan fingerprint density at radius 3 is 1.59 bits per heavy atom. The van der Waals surface area contributed by atoms with Crippen LogP contribution in [0.2, 0.25) is 0 Å². The molecule has 2 N–H and O–H groups in total. The van der Waals surface area contributed by atoms with Crippen LogP contribution in [-0.4, -0.2) is 50.0 Å². The van der Waals surface area contributed by atoms with E-state index in [4.69, 9.17) is 4.74 Å². The van der Waals surface area contributed by atoms with Gasteiger partial charge in [0.2, 0.25) is 0 Å². The van der Waals surface area contributed by atoms with Crippen molar-refractivity contribution in [2.45, 2.75) is 110 Å². The lowest BCUT2D eigenvalue weighted by molar-refractivity contribution is -0.153. The van der Waals surface area contributed by atoms with Crippen LogP contribution in [0.4, 0.5) is 5.69 Å². The van der Waals surface area contributed by atoms with Crippen molar-refractivity contribution in [3.8, 4) is 17.2 Å². The fourth-order valence-electron chi connectivity index (χ4n) is 6.75. The third kappa shape index (κ3) is 12.0. The molecule has 0 saturated heterocycles. The molecular weight excluding hydrogens is 753 g/mol. The fraction of sp³-hybridized carbons (Fsp3) is 0.413. The molecule has 3 aromatic heterocycles. The molecule has 0 bridgehead atoms. The number of para-hydroxylation sites is 2. The summed E-state index contributed by atoms with van der Waals surface area (Å²) < 4.78 is 20.0. The zero-order valence-corrected chi connectivity index (χ0v) is 34.2. The van der Waals surface area contributed by atoms with Crippen molar-refractivity contribution in [3.05, 3.63) is 127 Å². The Balaban J connectivity index is 0.000000136. The number of pyridine rings is 3. The zero-order valence-electron chi connectivity index (χ0n) is 34.2. The molecule has 13 heteroatoms. The molecule has 0 unspecified atom stereocenters. The van der Waals surface area contributed by atoms with Gasteiger partial charge in [0, 0.05) is 53.4 Å². The molecule has 0 atom stereocenters. The summed E-state index contributed by atoms with van der Waals surface area (Å²) in [4.78, 5) is 57.8. The van der Waals surface area contributed by atoms with Gasteiger partial charge in [-0.25, -0.2) is 0 Å². The second-order valence-electron chi connectivity index (χ2n) is 15.2. The number of rotatable bonds is 11. The van der Waals surface area contributed by atoms with E-state index in [9.17, 15) is 29.1 Å². The van der Waals surface area contributed by atoms with E-state index in [2.05, 4.69) is 20.9 Å².